The summed E-state index contributed by atoms with van der Waals surface area (Å²) in [5.41, 5.74) is 8.38. The average molecular weight is 287 g/mol. The summed E-state index contributed by atoms with van der Waals surface area (Å²) in [7, 11) is 0. The highest BCUT2D eigenvalue weighted by Gasteiger charge is 2.08. The second kappa shape index (κ2) is 6.48. The van der Waals surface area contributed by atoms with E-state index in [-0.39, 0.29) is 6.42 Å². The first-order valence-corrected chi connectivity index (χ1v) is 7.27. The van der Waals surface area contributed by atoms with Crippen LogP contribution >= 0.6 is 11.8 Å². The van der Waals surface area contributed by atoms with Gasteiger partial charge in [-0.1, -0.05) is 24.8 Å². The zero-order chi connectivity index (χ0) is 14.5. The number of hydrogen-bond donors (Lipinski definition) is 2. The van der Waals surface area contributed by atoms with E-state index in [1.54, 1.807) is 11.8 Å². The highest BCUT2D eigenvalue weighted by atomic mass is 32.2. The van der Waals surface area contributed by atoms with Gasteiger partial charge in [0.2, 0.25) is 0 Å². The van der Waals surface area contributed by atoms with Crippen LogP contribution in [0.1, 0.15) is 18.1 Å². The number of nitrogen functional groups attached to an aromatic ring is 1. The molecule has 0 fully saturated rings. The number of aliphatic carboxylic acids is 1. The molecule has 0 aliphatic carbocycles. The van der Waals surface area contributed by atoms with Crippen LogP contribution in [0.25, 0.3) is 0 Å². The van der Waals surface area contributed by atoms with Crippen molar-refractivity contribution in [3.05, 3.63) is 53.6 Å². The second-order valence-electron chi connectivity index (χ2n) is 4.53. The van der Waals surface area contributed by atoms with Crippen LogP contribution in [0.2, 0.25) is 0 Å². The number of aryl methyl sites for hydroxylation is 1. The molecule has 2 aromatic rings. The average Bonchev–Trinajstić information content (AvgIpc) is 2.41. The number of hydrogen-bond acceptors (Lipinski definition) is 3. The van der Waals surface area contributed by atoms with Gasteiger partial charge < -0.3 is 10.8 Å². The predicted molar refractivity (Wildman–Crippen MR) is 82.1 cm³/mol. The molecule has 0 unspecified atom stereocenters. The molecular formula is C16H17NO2S. The number of rotatable bonds is 5. The molecule has 0 bridgehead atoms. The van der Waals surface area contributed by atoms with Crippen LogP contribution in [0.15, 0.2) is 52.3 Å². The number of carboxylic acid groups (broad SMARTS) is 1. The molecule has 0 heterocycles. The Morgan fingerprint density at radius 2 is 1.75 bits per heavy atom. The third-order valence-electron chi connectivity index (χ3n) is 3.02. The summed E-state index contributed by atoms with van der Waals surface area (Å²) < 4.78 is 0. The molecule has 2 rings (SSSR count). The van der Waals surface area contributed by atoms with Crippen molar-refractivity contribution >= 4 is 23.4 Å². The fourth-order valence-corrected chi connectivity index (χ4v) is 2.89. The number of nitrogens with two attached hydrogens (primary N) is 1. The van der Waals surface area contributed by atoms with Crippen molar-refractivity contribution in [1.29, 1.82) is 0 Å². The number of carboxylic acids is 1. The van der Waals surface area contributed by atoms with Crippen molar-refractivity contribution in [2.75, 3.05) is 5.73 Å². The van der Waals surface area contributed by atoms with Crippen molar-refractivity contribution in [2.45, 2.75) is 29.6 Å². The highest BCUT2D eigenvalue weighted by molar-refractivity contribution is 7.99. The summed E-state index contributed by atoms with van der Waals surface area (Å²) in [4.78, 5) is 13.1. The van der Waals surface area contributed by atoms with Gasteiger partial charge in [-0.05, 0) is 53.9 Å². The lowest BCUT2D eigenvalue weighted by Gasteiger charge is -2.09. The van der Waals surface area contributed by atoms with Crippen LogP contribution in [-0.2, 0) is 17.6 Å². The molecule has 0 aliphatic rings. The van der Waals surface area contributed by atoms with Crippen molar-refractivity contribution in [2.24, 2.45) is 0 Å². The first-order chi connectivity index (χ1) is 9.58. The van der Waals surface area contributed by atoms with E-state index in [1.807, 2.05) is 49.4 Å². The van der Waals surface area contributed by atoms with E-state index in [4.69, 9.17) is 10.8 Å². The summed E-state index contributed by atoms with van der Waals surface area (Å²) in [5, 5.41) is 8.98. The molecule has 0 aromatic heterocycles. The van der Waals surface area contributed by atoms with Gasteiger partial charge in [-0.3, -0.25) is 4.79 Å². The summed E-state index contributed by atoms with van der Waals surface area (Å²) in [5.74, 6) is -0.797. The summed E-state index contributed by atoms with van der Waals surface area (Å²) in [6, 6.07) is 13.7. The summed E-state index contributed by atoms with van der Waals surface area (Å²) in [6.45, 7) is 2.04. The minimum atomic E-state index is -0.797. The Balaban J connectivity index is 2.23. The first kappa shape index (κ1) is 14.5. The lowest BCUT2D eigenvalue weighted by atomic mass is 10.0. The molecular weight excluding hydrogens is 270 g/mol. The molecule has 0 spiro atoms. The van der Waals surface area contributed by atoms with E-state index in [2.05, 4.69) is 0 Å². The van der Waals surface area contributed by atoms with Gasteiger partial charge in [0.05, 0.1) is 6.42 Å². The van der Waals surface area contributed by atoms with E-state index >= 15 is 0 Å². The van der Waals surface area contributed by atoms with Gasteiger partial charge in [0.15, 0.2) is 0 Å². The number of anilines is 1. The van der Waals surface area contributed by atoms with Gasteiger partial charge in [-0.15, -0.1) is 0 Å². The lowest BCUT2D eigenvalue weighted by molar-refractivity contribution is -0.136. The summed E-state index contributed by atoms with van der Waals surface area (Å²) >= 11 is 1.61. The molecule has 104 valence electrons. The van der Waals surface area contributed by atoms with Crippen LogP contribution < -0.4 is 5.73 Å². The standard InChI is InChI=1S/C16H17NO2S/c1-2-11-3-6-15(9-12(11)10-16(18)19)20-14-7-4-13(17)5-8-14/h3-9H,2,10,17H2,1H3,(H,18,19). The molecule has 0 radical (unpaired) electrons. The molecule has 4 heteroatoms. The zero-order valence-electron chi connectivity index (χ0n) is 11.3. The lowest BCUT2D eigenvalue weighted by Crippen LogP contribution is -2.03. The molecule has 0 saturated carbocycles. The van der Waals surface area contributed by atoms with Gasteiger partial charge in [-0.2, -0.15) is 0 Å². The highest BCUT2D eigenvalue weighted by Crippen LogP contribution is 2.30. The van der Waals surface area contributed by atoms with Crippen LogP contribution in [0.5, 0.6) is 0 Å². The Bertz CT molecular complexity index is 608. The fraction of sp³-hybridized carbons (Fsp3) is 0.188. The molecule has 0 aliphatic heterocycles. The largest absolute Gasteiger partial charge is 0.481 e. The first-order valence-electron chi connectivity index (χ1n) is 6.45. The fourth-order valence-electron chi connectivity index (χ4n) is 2.01. The monoisotopic (exact) mass is 287 g/mol. The molecule has 3 N–H and O–H groups in total. The molecule has 0 saturated heterocycles. The van der Waals surface area contributed by atoms with Crippen molar-refractivity contribution in [1.82, 2.24) is 0 Å². The quantitative estimate of drug-likeness (QED) is 0.825. The van der Waals surface area contributed by atoms with Crippen LogP contribution in [0.4, 0.5) is 5.69 Å². The minimum absolute atomic E-state index is 0.0688. The molecule has 0 atom stereocenters. The maximum atomic E-state index is 10.9. The topological polar surface area (TPSA) is 63.3 Å². The Labute approximate surface area is 122 Å². The Kier molecular flexibility index (Phi) is 4.69. The Morgan fingerprint density at radius 1 is 1.10 bits per heavy atom. The normalized spacial score (nSPS) is 10.4. The van der Waals surface area contributed by atoms with Gasteiger partial charge >= 0.3 is 5.97 Å². The molecule has 0 amide bonds. The van der Waals surface area contributed by atoms with E-state index in [0.717, 1.165) is 33.0 Å². The molecule has 3 nitrogen and oxygen atoms in total. The van der Waals surface area contributed by atoms with Gasteiger partial charge in [0, 0.05) is 15.5 Å². The van der Waals surface area contributed by atoms with Crippen LogP contribution in [0.3, 0.4) is 0 Å². The Hall–Kier alpha value is -1.94. The predicted octanol–water partition coefficient (Wildman–Crippen LogP) is 3.61. The second-order valence-corrected chi connectivity index (χ2v) is 5.67. The van der Waals surface area contributed by atoms with E-state index in [0.29, 0.717) is 0 Å². The SMILES string of the molecule is CCc1ccc(Sc2ccc(N)cc2)cc1CC(=O)O. The smallest absolute Gasteiger partial charge is 0.307 e. The number of carbonyl (C=O) groups is 1. The van der Waals surface area contributed by atoms with Gasteiger partial charge in [0.1, 0.15) is 0 Å². The van der Waals surface area contributed by atoms with Crippen LogP contribution in [0, 0.1) is 0 Å². The maximum absolute atomic E-state index is 10.9. The van der Waals surface area contributed by atoms with E-state index in [9.17, 15) is 4.79 Å². The number of benzene rings is 2. The molecule has 2 aromatic carbocycles. The van der Waals surface area contributed by atoms with Crippen molar-refractivity contribution in [3.63, 3.8) is 0 Å². The van der Waals surface area contributed by atoms with E-state index < -0.39 is 5.97 Å². The van der Waals surface area contributed by atoms with Gasteiger partial charge in [0.25, 0.3) is 0 Å². The van der Waals surface area contributed by atoms with Gasteiger partial charge in [-0.25, -0.2) is 0 Å². The van der Waals surface area contributed by atoms with Crippen molar-refractivity contribution in [3.8, 4) is 0 Å². The third-order valence-corrected chi connectivity index (χ3v) is 4.01. The third kappa shape index (κ3) is 3.78. The van der Waals surface area contributed by atoms with Crippen LogP contribution in [-0.4, -0.2) is 11.1 Å². The minimum Gasteiger partial charge on any atom is -0.481 e. The zero-order valence-corrected chi connectivity index (χ0v) is 12.1. The Morgan fingerprint density at radius 3 is 2.35 bits per heavy atom. The summed E-state index contributed by atoms with van der Waals surface area (Å²) in [6.07, 6.45) is 0.911. The van der Waals surface area contributed by atoms with Crippen molar-refractivity contribution < 1.29 is 9.90 Å². The van der Waals surface area contributed by atoms with E-state index in [1.165, 1.54) is 0 Å². The molecule has 20 heavy (non-hydrogen) atoms. The maximum Gasteiger partial charge on any atom is 0.307 e.